The summed E-state index contributed by atoms with van der Waals surface area (Å²) < 4.78 is 0. The van der Waals surface area contributed by atoms with Gasteiger partial charge in [0.15, 0.2) is 11.0 Å². The van der Waals surface area contributed by atoms with E-state index >= 15 is 0 Å². The van der Waals surface area contributed by atoms with Gasteiger partial charge in [0.2, 0.25) is 11.8 Å². The van der Waals surface area contributed by atoms with Gasteiger partial charge in [0.05, 0.1) is 6.54 Å². The van der Waals surface area contributed by atoms with E-state index in [1.165, 1.54) is 6.21 Å². The van der Waals surface area contributed by atoms with Crippen molar-refractivity contribution in [1.82, 2.24) is 25.8 Å². The van der Waals surface area contributed by atoms with Crippen molar-refractivity contribution in [3.63, 3.8) is 0 Å². The number of urea groups is 1. The second kappa shape index (κ2) is 9.23. The predicted molar refractivity (Wildman–Crippen MR) is 97.3 cm³/mol. The number of carbonyl (C=O) groups is 3. The van der Waals surface area contributed by atoms with Crippen LogP contribution in [0.1, 0.15) is 0 Å². The van der Waals surface area contributed by atoms with Crippen molar-refractivity contribution < 1.29 is 14.4 Å². The molecule has 10 heteroatoms. The van der Waals surface area contributed by atoms with Crippen molar-refractivity contribution in [1.29, 1.82) is 0 Å². The van der Waals surface area contributed by atoms with Crippen molar-refractivity contribution in [3.05, 3.63) is 12.7 Å². The summed E-state index contributed by atoms with van der Waals surface area (Å²) in [5.74, 6) is -2.35. The average Bonchev–Trinajstić information content (AvgIpc) is 2.58. The fraction of sp³-hybridized carbons (Fsp3) is 0.533. The van der Waals surface area contributed by atoms with E-state index in [9.17, 15) is 14.4 Å². The van der Waals surface area contributed by atoms with Crippen LogP contribution in [0, 0.1) is 5.92 Å². The molecule has 0 saturated carbocycles. The summed E-state index contributed by atoms with van der Waals surface area (Å²) in [5.41, 5.74) is 0. The molecule has 0 spiro atoms. The van der Waals surface area contributed by atoms with Crippen molar-refractivity contribution in [2.24, 2.45) is 10.9 Å². The number of hydrogen-bond acceptors (Lipinski definition) is 6. The summed E-state index contributed by atoms with van der Waals surface area (Å²) in [5, 5.41) is 7.93. The molecule has 9 nitrogen and oxygen atoms in total. The van der Waals surface area contributed by atoms with Gasteiger partial charge in [-0.1, -0.05) is 6.08 Å². The van der Waals surface area contributed by atoms with Crippen molar-refractivity contribution in [2.75, 3.05) is 45.8 Å². The molecule has 0 aliphatic carbocycles. The number of barbiturate groups is 1. The lowest BCUT2D eigenvalue weighted by molar-refractivity contribution is -0.132. The number of piperazine rings is 1. The highest BCUT2D eigenvalue weighted by Gasteiger charge is 2.32. The van der Waals surface area contributed by atoms with E-state index in [4.69, 9.17) is 12.2 Å². The van der Waals surface area contributed by atoms with Crippen molar-refractivity contribution in [3.8, 4) is 0 Å². The first-order chi connectivity index (χ1) is 12.0. The standard InChI is InChI=1S/C15H22N6O3S/c1-2-3-17-15(25)21-8-6-20(7-9-21)5-4-16-10-11-12(22)18-14(24)19-13(11)23/h2,10-11H,1,3-9H2,(H,17,25)(H2,18,19,22,23,24). The number of nitrogens with zero attached hydrogens (tertiary/aromatic N) is 3. The first-order valence-corrected chi connectivity index (χ1v) is 8.43. The third kappa shape index (κ3) is 5.61. The highest BCUT2D eigenvalue weighted by Crippen LogP contribution is 2.03. The maximum absolute atomic E-state index is 11.6. The Kier molecular flexibility index (Phi) is 7.02. The molecule has 0 unspecified atom stereocenters. The molecule has 4 amide bonds. The van der Waals surface area contributed by atoms with Crippen LogP contribution in [0.5, 0.6) is 0 Å². The molecule has 2 fully saturated rings. The van der Waals surface area contributed by atoms with Gasteiger partial charge in [-0.3, -0.25) is 30.1 Å². The molecule has 25 heavy (non-hydrogen) atoms. The van der Waals surface area contributed by atoms with Crippen LogP contribution in [0.4, 0.5) is 4.79 Å². The Morgan fingerprint density at radius 3 is 2.48 bits per heavy atom. The predicted octanol–water partition coefficient (Wildman–Crippen LogP) is -1.28. The van der Waals surface area contributed by atoms with Crippen LogP contribution in [-0.2, 0) is 9.59 Å². The molecule has 0 bridgehead atoms. The van der Waals surface area contributed by atoms with Gasteiger partial charge < -0.3 is 10.2 Å². The molecular formula is C15H22N6O3S. The van der Waals surface area contributed by atoms with Crippen LogP contribution in [0.25, 0.3) is 0 Å². The quantitative estimate of drug-likeness (QED) is 0.233. The molecule has 0 aromatic carbocycles. The van der Waals surface area contributed by atoms with Crippen LogP contribution in [0.2, 0.25) is 0 Å². The molecule has 2 heterocycles. The monoisotopic (exact) mass is 366 g/mol. The number of carbonyl (C=O) groups excluding carboxylic acids is 3. The Morgan fingerprint density at radius 1 is 1.24 bits per heavy atom. The van der Waals surface area contributed by atoms with Crippen LogP contribution in [0.15, 0.2) is 17.6 Å². The van der Waals surface area contributed by atoms with Crippen LogP contribution in [-0.4, -0.2) is 84.8 Å². The summed E-state index contributed by atoms with van der Waals surface area (Å²) in [6.07, 6.45) is 3.06. The zero-order chi connectivity index (χ0) is 18.2. The number of thiocarbonyl (C=S) groups is 1. The SMILES string of the molecule is C=CCNC(=S)N1CCN(CCN=CC2C(=O)NC(=O)NC2=O)CC1. The number of imide groups is 2. The Balaban J connectivity index is 1.68. The smallest absolute Gasteiger partial charge is 0.328 e. The minimum absolute atomic E-state index is 0.476. The largest absolute Gasteiger partial charge is 0.359 e. The van der Waals surface area contributed by atoms with E-state index in [2.05, 4.69) is 26.7 Å². The lowest BCUT2D eigenvalue weighted by Crippen LogP contribution is -2.56. The highest BCUT2D eigenvalue weighted by molar-refractivity contribution is 7.80. The number of hydrogen-bond donors (Lipinski definition) is 3. The van der Waals surface area contributed by atoms with Gasteiger partial charge in [-0.25, -0.2) is 4.79 Å². The maximum atomic E-state index is 11.6. The number of aliphatic imine (C=N–C) groups is 1. The average molecular weight is 366 g/mol. The first kappa shape index (κ1) is 19.0. The van der Waals surface area contributed by atoms with Gasteiger partial charge >= 0.3 is 6.03 Å². The topological polar surface area (TPSA) is 106 Å². The van der Waals surface area contributed by atoms with Gasteiger partial charge in [-0.15, -0.1) is 6.58 Å². The Bertz CT molecular complexity index is 566. The summed E-state index contributed by atoms with van der Waals surface area (Å²) in [4.78, 5) is 42.6. The Labute approximate surface area is 151 Å². The molecule has 2 aliphatic heterocycles. The summed E-state index contributed by atoms with van der Waals surface area (Å²) >= 11 is 5.31. The molecule has 0 radical (unpaired) electrons. The van der Waals surface area contributed by atoms with E-state index in [0.717, 1.165) is 37.8 Å². The second-order valence-corrected chi connectivity index (χ2v) is 6.03. The summed E-state index contributed by atoms with van der Waals surface area (Å²) in [6.45, 7) is 8.91. The van der Waals surface area contributed by atoms with Gasteiger partial charge in [0.1, 0.15) is 0 Å². The fourth-order valence-corrected chi connectivity index (χ4v) is 2.76. The molecule has 0 aromatic heterocycles. The lowest BCUT2D eigenvalue weighted by Gasteiger charge is -2.35. The normalized spacial score (nSPS) is 19.7. The van der Waals surface area contributed by atoms with Crippen LogP contribution >= 0.6 is 12.2 Å². The summed E-state index contributed by atoms with van der Waals surface area (Å²) in [6, 6.07) is -0.794. The van der Waals surface area contributed by atoms with Crippen molar-refractivity contribution in [2.45, 2.75) is 0 Å². The van der Waals surface area contributed by atoms with Crippen molar-refractivity contribution >= 4 is 41.4 Å². The molecule has 3 N–H and O–H groups in total. The maximum Gasteiger partial charge on any atom is 0.328 e. The zero-order valence-corrected chi connectivity index (χ0v) is 14.7. The Morgan fingerprint density at radius 2 is 1.88 bits per heavy atom. The number of amides is 4. The lowest BCUT2D eigenvalue weighted by atomic mass is 10.1. The Hall–Kier alpha value is -2.33. The van der Waals surface area contributed by atoms with Crippen LogP contribution < -0.4 is 16.0 Å². The number of rotatable bonds is 6. The van der Waals surface area contributed by atoms with Gasteiger partial charge in [-0.05, 0) is 12.2 Å². The fourth-order valence-electron chi connectivity index (χ4n) is 2.49. The number of nitrogens with one attached hydrogen (secondary N) is 3. The zero-order valence-electron chi connectivity index (χ0n) is 13.9. The van der Waals surface area contributed by atoms with E-state index in [1.54, 1.807) is 6.08 Å². The third-order valence-corrected chi connectivity index (χ3v) is 4.30. The first-order valence-electron chi connectivity index (χ1n) is 8.03. The van der Waals surface area contributed by atoms with E-state index in [-0.39, 0.29) is 0 Å². The van der Waals surface area contributed by atoms with Gasteiger partial charge in [0, 0.05) is 45.5 Å². The minimum atomic E-state index is -1.05. The minimum Gasteiger partial charge on any atom is -0.359 e. The van der Waals surface area contributed by atoms with E-state index in [1.807, 2.05) is 10.6 Å². The van der Waals surface area contributed by atoms with E-state index < -0.39 is 23.8 Å². The molecule has 0 atom stereocenters. The molecular weight excluding hydrogens is 344 g/mol. The molecule has 0 aromatic rings. The van der Waals surface area contributed by atoms with Gasteiger partial charge in [-0.2, -0.15) is 0 Å². The molecule has 2 aliphatic rings. The highest BCUT2D eigenvalue weighted by atomic mass is 32.1. The summed E-state index contributed by atoms with van der Waals surface area (Å²) in [7, 11) is 0. The molecule has 136 valence electrons. The molecule has 2 rings (SSSR count). The van der Waals surface area contributed by atoms with Crippen LogP contribution in [0.3, 0.4) is 0 Å². The van der Waals surface area contributed by atoms with Gasteiger partial charge in [0.25, 0.3) is 0 Å². The van der Waals surface area contributed by atoms with E-state index in [0.29, 0.717) is 13.1 Å². The second-order valence-electron chi connectivity index (χ2n) is 5.64. The third-order valence-electron chi connectivity index (χ3n) is 3.90. The molecule has 2 saturated heterocycles.